The van der Waals surface area contributed by atoms with E-state index in [1.54, 1.807) is 20.9 Å². The predicted octanol–water partition coefficient (Wildman–Crippen LogP) is 6.25. The number of hydrogen-bond acceptors (Lipinski definition) is 5. The Morgan fingerprint density at radius 2 is 1.63 bits per heavy atom. The van der Waals surface area contributed by atoms with Crippen molar-refractivity contribution in [2.75, 3.05) is 11.9 Å². The molecule has 2 aromatic carbocycles. The quantitative estimate of drug-likeness (QED) is 0.285. The Morgan fingerprint density at radius 3 is 2.16 bits per heavy atom. The van der Waals surface area contributed by atoms with E-state index in [0.29, 0.717) is 22.8 Å². The van der Waals surface area contributed by atoms with Crippen molar-refractivity contribution in [3.63, 3.8) is 0 Å². The highest BCUT2D eigenvalue weighted by Gasteiger charge is 2.27. The molecule has 8 nitrogen and oxygen atoms in total. The fourth-order valence-corrected chi connectivity index (χ4v) is 4.42. The van der Waals surface area contributed by atoms with Crippen LogP contribution in [0.15, 0.2) is 52.4 Å². The van der Waals surface area contributed by atoms with Gasteiger partial charge in [-0.15, -0.1) is 0 Å². The number of halogens is 4. The summed E-state index contributed by atoms with van der Waals surface area (Å²) in [5, 5.41) is 0.295. The molecule has 0 atom stereocenters. The number of anilines is 2. The average Bonchev–Trinajstić information content (AvgIpc) is 3.11. The number of rotatable bonds is 5. The number of fused-ring (bicyclic) bond motifs is 1. The number of nitrogens with zero attached hydrogens (tertiary/aromatic N) is 4. The molecule has 13 heteroatoms. The first-order chi connectivity index (χ1) is 17.7. The largest absolute Gasteiger partial charge is 0.340 e. The molecule has 4 aromatic rings. The first-order valence-corrected chi connectivity index (χ1v) is 13.3. The van der Waals surface area contributed by atoms with E-state index in [-0.39, 0.29) is 11.3 Å². The Labute approximate surface area is 222 Å². The summed E-state index contributed by atoms with van der Waals surface area (Å²) in [7, 11) is -3.34. The number of aromatic nitrogens is 3. The lowest BCUT2D eigenvalue weighted by molar-refractivity contribution is 0.480. The van der Waals surface area contributed by atoms with Crippen LogP contribution in [0.2, 0.25) is 5.02 Å². The zero-order valence-electron chi connectivity index (χ0n) is 21.2. The minimum Gasteiger partial charge on any atom is -0.340 e. The van der Waals surface area contributed by atoms with Crippen LogP contribution in [0.1, 0.15) is 40.2 Å². The molecule has 4 rings (SSSR count). The molecule has 0 saturated carbocycles. The van der Waals surface area contributed by atoms with Gasteiger partial charge in [0.1, 0.15) is 17.5 Å². The van der Waals surface area contributed by atoms with Gasteiger partial charge in [-0.1, -0.05) is 31.9 Å². The van der Waals surface area contributed by atoms with Gasteiger partial charge in [-0.05, 0) is 44.2 Å². The molecule has 2 heterocycles. The van der Waals surface area contributed by atoms with E-state index < -0.39 is 55.2 Å². The molecule has 0 aliphatic carbocycles. The summed E-state index contributed by atoms with van der Waals surface area (Å²) >= 11 is 5.99. The summed E-state index contributed by atoms with van der Waals surface area (Å²) in [5.41, 5.74) is -1.70. The van der Waals surface area contributed by atoms with Gasteiger partial charge in [0.05, 0.1) is 39.8 Å². The highest BCUT2D eigenvalue weighted by Crippen LogP contribution is 2.32. The van der Waals surface area contributed by atoms with E-state index in [1.165, 1.54) is 51.1 Å². The van der Waals surface area contributed by atoms with Crippen LogP contribution in [-0.4, -0.2) is 34.2 Å². The van der Waals surface area contributed by atoms with Crippen molar-refractivity contribution in [3.05, 3.63) is 75.6 Å². The lowest BCUT2D eigenvalue weighted by Crippen LogP contribution is -2.23. The van der Waals surface area contributed by atoms with Crippen molar-refractivity contribution in [1.82, 2.24) is 14.2 Å². The summed E-state index contributed by atoms with van der Waals surface area (Å²) in [5.74, 6) is -3.31. The van der Waals surface area contributed by atoms with E-state index >= 15 is 0 Å². The van der Waals surface area contributed by atoms with Crippen molar-refractivity contribution in [1.29, 1.82) is 0 Å². The maximum absolute atomic E-state index is 14.9. The van der Waals surface area contributed by atoms with E-state index in [0.717, 1.165) is 0 Å². The zero-order valence-corrected chi connectivity index (χ0v) is 22.8. The van der Waals surface area contributed by atoms with Gasteiger partial charge in [0.15, 0.2) is 5.65 Å². The highest BCUT2D eigenvalue weighted by molar-refractivity contribution is 7.85. The van der Waals surface area contributed by atoms with Gasteiger partial charge in [-0.2, -0.15) is 8.42 Å². The van der Waals surface area contributed by atoms with Crippen molar-refractivity contribution >= 4 is 38.7 Å². The van der Waals surface area contributed by atoms with Gasteiger partial charge < -0.3 is 4.90 Å². The standard InChI is InChI=1S/C22H18ClF3N4O4S.C3H8/c1-11(2)30-22(31)20(19-16(25)7-14(8-17(19)26)35(32,33)34)21-27-9-13(10-29(21)30)28(3)18-6-12(23)4-5-15(18)24;1-3-2/h4-11H,1-3H3,(H,32,33,34);3H2,1-2H3. The predicted molar refractivity (Wildman–Crippen MR) is 140 cm³/mol. The third-order valence-corrected chi connectivity index (χ3v) is 6.44. The van der Waals surface area contributed by atoms with Crippen LogP contribution < -0.4 is 10.5 Å². The van der Waals surface area contributed by atoms with E-state index in [9.17, 15) is 26.4 Å². The smallest absolute Gasteiger partial charge is 0.294 e. The molecule has 0 saturated heterocycles. The molecule has 0 amide bonds. The van der Waals surface area contributed by atoms with Crippen LogP contribution in [0.3, 0.4) is 0 Å². The van der Waals surface area contributed by atoms with Crippen LogP contribution in [0, 0.1) is 17.5 Å². The highest BCUT2D eigenvalue weighted by atomic mass is 35.5. The lowest BCUT2D eigenvalue weighted by Gasteiger charge is -2.21. The molecule has 2 aromatic heterocycles. The molecule has 0 fully saturated rings. The third kappa shape index (κ3) is 5.57. The topological polar surface area (TPSA) is 96.9 Å². The van der Waals surface area contributed by atoms with Gasteiger partial charge in [0, 0.05) is 18.1 Å². The molecule has 0 radical (unpaired) electrons. The second kappa shape index (κ2) is 11.2. The monoisotopic (exact) mass is 570 g/mol. The molecule has 38 heavy (non-hydrogen) atoms. The number of benzene rings is 2. The van der Waals surface area contributed by atoms with Gasteiger partial charge in [0.25, 0.3) is 15.7 Å². The van der Waals surface area contributed by atoms with Crippen molar-refractivity contribution < 1.29 is 26.1 Å². The molecule has 0 spiro atoms. The fourth-order valence-electron chi connectivity index (χ4n) is 3.75. The molecule has 1 N–H and O–H groups in total. The van der Waals surface area contributed by atoms with Crippen molar-refractivity contribution in [2.45, 2.75) is 45.1 Å². The van der Waals surface area contributed by atoms with Crippen LogP contribution in [0.5, 0.6) is 0 Å². The van der Waals surface area contributed by atoms with Crippen LogP contribution in [-0.2, 0) is 10.1 Å². The van der Waals surface area contributed by atoms with E-state index in [2.05, 4.69) is 18.8 Å². The minimum absolute atomic E-state index is 0.121. The average molecular weight is 571 g/mol. The fraction of sp³-hybridized carbons (Fsp3) is 0.280. The molecular formula is C25H26ClF3N4O4S. The summed E-state index contributed by atoms with van der Waals surface area (Å²) in [6.07, 6.45) is 3.97. The third-order valence-electron chi connectivity index (χ3n) is 5.38. The van der Waals surface area contributed by atoms with E-state index in [4.69, 9.17) is 16.2 Å². The van der Waals surface area contributed by atoms with Gasteiger partial charge in [0.2, 0.25) is 0 Å². The summed E-state index contributed by atoms with van der Waals surface area (Å²) in [4.78, 5) is 17.9. The maximum Gasteiger partial charge on any atom is 0.294 e. The van der Waals surface area contributed by atoms with Gasteiger partial charge in [-0.3, -0.25) is 9.35 Å². The van der Waals surface area contributed by atoms with Crippen molar-refractivity contribution in [3.8, 4) is 11.1 Å². The molecule has 0 unspecified atom stereocenters. The Kier molecular flexibility index (Phi) is 8.59. The molecule has 204 valence electrons. The maximum atomic E-state index is 14.9. The Morgan fingerprint density at radius 1 is 1.05 bits per heavy atom. The van der Waals surface area contributed by atoms with Gasteiger partial charge >= 0.3 is 0 Å². The Hall–Kier alpha value is -3.35. The first-order valence-electron chi connectivity index (χ1n) is 11.5. The molecular weight excluding hydrogens is 545 g/mol. The summed E-state index contributed by atoms with van der Waals surface area (Å²) < 4.78 is 78.4. The SMILES string of the molecule is CC(C)n1c(=O)c(-c2c(F)cc(S(=O)(=O)O)cc2F)c2ncc(N(C)c3cc(Cl)ccc3F)cn21.CCC. The Bertz CT molecular complexity index is 1650. The molecule has 0 bridgehead atoms. The summed E-state index contributed by atoms with van der Waals surface area (Å²) in [6.45, 7) is 7.58. The first kappa shape index (κ1) is 29.2. The summed E-state index contributed by atoms with van der Waals surface area (Å²) in [6, 6.07) is 4.33. The van der Waals surface area contributed by atoms with Gasteiger partial charge in [-0.25, -0.2) is 27.4 Å². The van der Waals surface area contributed by atoms with Crippen LogP contribution in [0.4, 0.5) is 24.5 Å². The minimum atomic E-state index is -4.89. The molecule has 0 aliphatic rings. The van der Waals surface area contributed by atoms with Crippen LogP contribution in [0.25, 0.3) is 16.8 Å². The second-order valence-corrected chi connectivity index (χ2v) is 10.6. The molecule has 0 aliphatic heterocycles. The second-order valence-electron chi connectivity index (χ2n) is 8.70. The van der Waals surface area contributed by atoms with E-state index in [1.807, 2.05) is 0 Å². The zero-order chi connectivity index (χ0) is 28.5. The van der Waals surface area contributed by atoms with Crippen molar-refractivity contribution in [2.24, 2.45) is 0 Å². The normalized spacial score (nSPS) is 11.6. The Balaban J connectivity index is 0.00000127. The lowest BCUT2D eigenvalue weighted by atomic mass is 10.1. The number of hydrogen-bond donors (Lipinski definition) is 1. The van der Waals surface area contributed by atoms with Crippen LogP contribution >= 0.6 is 11.6 Å².